The molecule has 1 aliphatic carbocycles. The molecule has 0 saturated heterocycles. The predicted molar refractivity (Wildman–Crippen MR) is 150 cm³/mol. The molecular weight excluding hydrogens is 422 g/mol. The standard InChI is InChI=1S/C27H21N.C7H8/c1-27(2)23-12-6-3-9-19(23)20-16-15-18(17-24(20)27)28-25-13-7-4-10-21(25)22-11-5-8-14-26(22)28;1-7-5-3-2-4-6-7/h3-17H,1-2H3;2-6H,1H3. The second-order valence-corrected chi connectivity index (χ2v) is 9.92. The third-order valence-electron chi connectivity index (χ3n) is 7.35. The van der Waals surface area contributed by atoms with Crippen LogP contribution in [0.2, 0.25) is 0 Å². The number of nitrogens with zero attached hydrogens (tertiary/aromatic N) is 1. The molecule has 0 radical (unpaired) electrons. The van der Waals surface area contributed by atoms with Gasteiger partial charge in [0.15, 0.2) is 0 Å². The third kappa shape index (κ3) is 3.47. The number of aromatic nitrogens is 1. The van der Waals surface area contributed by atoms with Gasteiger partial charge in [0, 0.05) is 21.9 Å². The average molecular weight is 452 g/mol. The number of hydrogen-bond acceptors (Lipinski definition) is 0. The molecule has 0 unspecified atom stereocenters. The highest BCUT2D eigenvalue weighted by atomic mass is 15.0. The van der Waals surface area contributed by atoms with Gasteiger partial charge in [0.2, 0.25) is 0 Å². The van der Waals surface area contributed by atoms with Crippen molar-refractivity contribution in [3.8, 4) is 16.8 Å². The summed E-state index contributed by atoms with van der Waals surface area (Å²) >= 11 is 0. The molecule has 6 aromatic rings. The second kappa shape index (κ2) is 8.29. The summed E-state index contributed by atoms with van der Waals surface area (Å²) in [6.07, 6.45) is 0. The Kier molecular flexibility index (Phi) is 5.07. The summed E-state index contributed by atoms with van der Waals surface area (Å²) in [5, 5.41) is 2.61. The number of para-hydroxylation sites is 2. The molecule has 0 bridgehead atoms. The van der Waals surface area contributed by atoms with Crippen LogP contribution in [0.15, 0.2) is 121 Å². The lowest BCUT2D eigenvalue weighted by Crippen LogP contribution is -2.15. The van der Waals surface area contributed by atoms with E-state index in [0.29, 0.717) is 0 Å². The van der Waals surface area contributed by atoms with E-state index in [2.05, 4.69) is 128 Å². The fraction of sp³-hybridized carbons (Fsp3) is 0.118. The lowest BCUT2D eigenvalue weighted by atomic mass is 9.82. The van der Waals surface area contributed by atoms with Crippen LogP contribution >= 0.6 is 0 Å². The maximum Gasteiger partial charge on any atom is 0.0541 e. The van der Waals surface area contributed by atoms with Crippen LogP contribution < -0.4 is 0 Å². The zero-order valence-corrected chi connectivity index (χ0v) is 20.5. The molecule has 170 valence electrons. The van der Waals surface area contributed by atoms with E-state index in [1.165, 1.54) is 55.3 Å². The van der Waals surface area contributed by atoms with E-state index in [9.17, 15) is 0 Å². The summed E-state index contributed by atoms with van der Waals surface area (Å²) in [4.78, 5) is 0. The summed E-state index contributed by atoms with van der Waals surface area (Å²) in [5.41, 5.74) is 10.7. The van der Waals surface area contributed by atoms with Crippen molar-refractivity contribution in [2.75, 3.05) is 0 Å². The van der Waals surface area contributed by atoms with Gasteiger partial charge in [-0.1, -0.05) is 116 Å². The van der Waals surface area contributed by atoms with Gasteiger partial charge in [-0.2, -0.15) is 0 Å². The van der Waals surface area contributed by atoms with E-state index in [4.69, 9.17) is 0 Å². The fourth-order valence-electron chi connectivity index (χ4n) is 5.57. The average Bonchev–Trinajstić information content (AvgIpc) is 3.34. The van der Waals surface area contributed by atoms with Crippen molar-refractivity contribution in [1.82, 2.24) is 4.57 Å². The normalized spacial score (nSPS) is 13.2. The van der Waals surface area contributed by atoms with Crippen LogP contribution in [0, 0.1) is 6.92 Å². The minimum absolute atomic E-state index is 0.0146. The molecule has 1 aliphatic rings. The molecule has 0 N–H and O–H groups in total. The van der Waals surface area contributed by atoms with Gasteiger partial charge in [0.05, 0.1) is 11.0 Å². The van der Waals surface area contributed by atoms with Crippen molar-refractivity contribution in [1.29, 1.82) is 0 Å². The molecule has 0 fully saturated rings. The Morgan fingerprint density at radius 3 is 1.69 bits per heavy atom. The highest BCUT2D eigenvalue weighted by Gasteiger charge is 2.35. The monoisotopic (exact) mass is 451 g/mol. The molecule has 1 nitrogen and oxygen atoms in total. The first kappa shape index (κ1) is 21.4. The molecule has 35 heavy (non-hydrogen) atoms. The molecule has 0 saturated carbocycles. The first-order valence-corrected chi connectivity index (χ1v) is 12.3. The molecular formula is C34H29N. The zero-order chi connectivity index (χ0) is 24.0. The second-order valence-electron chi connectivity index (χ2n) is 9.92. The summed E-state index contributed by atoms with van der Waals surface area (Å²) in [7, 11) is 0. The molecule has 1 heteroatoms. The molecule has 0 atom stereocenters. The number of hydrogen-bond donors (Lipinski definition) is 0. The third-order valence-corrected chi connectivity index (χ3v) is 7.35. The quantitative estimate of drug-likeness (QED) is 0.235. The summed E-state index contributed by atoms with van der Waals surface area (Å²) in [6.45, 7) is 6.76. The Hall–Kier alpha value is -4.10. The molecule has 1 aromatic heterocycles. The maximum absolute atomic E-state index is 2.41. The predicted octanol–water partition coefficient (Wildman–Crippen LogP) is 9.09. The van der Waals surface area contributed by atoms with Gasteiger partial charge < -0.3 is 4.57 Å². The van der Waals surface area contributed by atoms with Crippen molar-refractivity contribution in [3.05, 3.63) is 138 Å². The number of aryl methyl sites for hydroxylation is 1. The topological polar surface area (TPSA) is 4.93 Å². The van der Waals surface area contributed by atoms with Crippen molar-refractivity contribution in [2.45, 2.75) is 26.2 Å². The van der Waals surface area contributed by atoms with Gasteiger partial charge in [-0.3, -0.25) is 0 Å². The SMILES string of the molecule is CC1(C)c2ccccc2-c2ccc(-n3c4ccccc4c4ccccc43)cc21.Cc1ccccc1. The van der Waals surface area contributed by atoms with Gasteiger partial charge in [0.25, 0.3) is 0 Å². The fourth-order valence-corrected chi connectivity index (χ4v) is 5.57. The summed E-state index contributed by atoms with van der Waals surface area (Å²) < 4.78 is 2.41. The lowest BCUT2D eigenvalue weighted by Gasteiger charge is -2.22. The Morgan fingerprint density at radius 2 is 1.06 bits per heavy atom. The minimum atomic E-state index is 0.0146. The lowest BCUT2D eigenvalue weighted by molar-refractivity contribution is 0.660. The molecule has 0 aliphatic heterocycles. The number of rotatable bonds is 1. The Morgan fingerprint density at radius 1 is 0.514 bits per heavy atom. The molecule has 1 heterocycles. The first-order valence-electron chi connectivity index (χ1n) is 12.3. The Balaban J connectivity index is 0.000000284. The highest BCUT2D eigenvalue weighted by Crippen LogP contribution is 2.49. The van der Waals surface area contributed by atoms with Crippen LogP contribution in [0.3, 0.4) is 0 Å². The zero-order valence-electron chi connectivity index (χ0n) is 20.5. The largest absolute Gasteiger partial charge is 0.309 e. The molecule has 0 amide bonds. The van der Waals surface area contributed by atoms with Crippen LogP contribution in [0.4, 0.5) is 0 Å². The Bertz CT molecular complexity index is 1610. The van der Waals surface area contributed by atoms with Crippen LogP contribution in [0.1, 0.15) is 30.5 Å². The van der Waals surface area contributed by atoms with Gasteiger partial charge >= 0.3 is 0 Å². The van der Waals surface area contributed by atoms with E-state index < -0.39 is 0 Å². The van der Waals surface area contributed by atoms with Crippen LogP contribution in [-0.2, 0) is 5.41 Å². The van der Waals surface area contributed by atoms with Gasteiger partial charge in [-0.15, -0.1) is 0 Å². The number of fused-ring (bicyclic) bond motifs is 6. The number of benzene rings is 5. The van der Waals surface area contributed by atoms with E-state index in [1.807, 2.05) is 18.2 Å². The van der Waals surface area contributed by atoms with Crippen LogP contribution in [-0.4, -0.2) is 4.57 Å². The van der Waals surface area contributed by atoms with Crippen molar-refractivity contribution >= 4 is 21.8 Å². The van der Waals surface area contributed by atoms with Crippen molar-refractivity contribution in [2.24, 2.45) is 0 Å². The van der Waals surface area contributed by atoms with Crippen molar-refractivity contribution in [3.63, 3.8) is 0 Å². The molecule has 0 spiro atoms. The smallest absolute Gasteiger partial charge is 0.0541 e. The summed E-state index contributed by atoms with van der Waals surface area (Å²) in [5.74, 6) is 0. The summed E-state index contributed by atoms with van der Waals surface area (Å²) in [6, 6.07) is 43.5. The van der Waals surface area contributed by atoms with Crippen LogP contribution in [0.5, 0.6) is 0 Å². The molecule has 7 rings (SSSR count). The van der Waals surface area contributed by atoms with E-state index in [1.54, 1.807) is 0 Å². The van der Waals surface area contributed by atoms with Gasteiger partial charge in [-0.25, -0.2) is 0 Å². The van der Waals surface area contributed by atoms with Gasteiger partial charge in [-0.05, 0) is 53.4 Å². The minimum Gasteiger partial charge on any atom is -0.309 e. The van der Waals surface area contributed by atoms with Gasteiger partial charge in [0.1, 0.15) is 0 Å². The van der Waals surface area contributed by atoms with E-state index in [-0.39, 0.29) is 5.41 Å². The molecule has 5 aromatic carbocycles. The van der Waals surface area contributed by atoms with Crippen LogP contribution in [0.25, 0.3) is 38.6 Å². The van der Waals surface area contributed by atoms with E-state index in [0.717, 1.165) is 0 Å². The highest BCUT2D eigenvalue weighted by molar-refractivity contribution is 6.09. The maximum atomic E-state index is 2.41. The van der Waals surface area contributed by atoms with E-state index >= 15 is 0 Å². The Labute approximate surface area is 207 Å². The van der Waals surface area contributed by atoms with Crippen molar-refractivity contribution < 1.29 is 0 Å². The first-order chi connectivity index (χ1) is 17.1.